The summed E-state index contributed by atoms with van der Waals surface area (Å²) < 4.78 is 0. The SMILES string of the molecule is C[C@@H](CN)NCCCc1ccccn1. The van der Waals surface area contributed by atoms with Crippen LogP contribution in [0.5, 0.6) is 0 Å². The number of aryl methyl sites for hydroxylation is 1. The first-order valence-electron chi connectivity index (χ1n) is 5.16. The zero-order valence-corrected chi connectivity index (χ0v) is 8.74. The van der Waals surface area contributed by atoms with Gasteiger partial charge in [-0.2, -0.15) is 0 Å². The van der Waals surface area contributed by atoms with Crippen LogP contribution in [0.4, 0.5) is 0 Å². The second-order valence-corrected chi connectivity index (χ2v) is 3.52. The van der Waals surface area contributed by atoms with E-state index in [0.717, 1.165) is 25.1 Å². The molecule has 0 saturated carbocycles. The highest BCUT2D eigenvalue weighted by molar-refractivity contribution is 5.03. The third kappa shape index (κ3) is 4.35. The molecule has 1 rings (SSSR count). The van der Waals surface area contributed by atoms with Crippen LogP contribution in [0.15, 0.2) is 24.4 Å². The lowest BCUT2D eigenvalue weighted by Crippen LogP contribution is -2.33. The summed E-state index contributed by atoms with van der Waals surface area (Å²) in [7, 11) is 0. The largest absolute Gasteiger partial charge is 0.329 e. The summed E-state index contributed by atoms with van der Waals surface area (Å²) in [6.07, 6.45) is 3.98. The molecule has 0 aromatic carbocycles. The normalized spacial score (nSPS) is 12.7. The molecule has 0 amide bonds. The summed E-state index contributed by atoms with van der Waals surface area (Å²) in [6, 6.07) is 6.45. The van der Waals surface area contributed by atoms with Gasteiger partial charge in [-0.3, -0.25) is 4.98 Å². The summed E-state index contributed by atoms with van der Waals surface area (Å²) in [5, 5.41) is 3.35. The van der Waals surface area contributed by atoms with Crippen molar-refractivity contribution >= 4 is 0 Å². The first-order valence-corrected chi connectivity index (χ1v) is 5.16. The van der Waals surface area contributed by atoms with Crippen molar-refractivity contribution < 1.29 is 0 Å². The Hall–Kier alpha value is -0.930. The molecule has 0 aliphatic carbocycles. The summed E-state index contributed by atoms with van der Waals surface area (Å²) in [5.74, 6) is 0. The van der Waals surface area contributed by atoms with Crippen molar-refractivity contribution in [1.29, 1.82) is 0 Å². The molecule has 1 atom stereocenters. The minimum atomic E-state index is 0.415. The van der Waals surface area contributed by atoms with Gasteiger partial charge in [-0.15, -0.1) is 0 Å². The predicted octanol–water partition coefficient (Wildman–Crippen LogP) is 0.951. The number of aromatic nitrogens is 1. The van der Waals surface area contributed by atoms with Crippen LogP contribution in [0.3, 0.4) is 0 Å². The number of hydrogen-bond donors (Lipinski definition) is 2. The van der Waals surface area contributed by atoms with Crippen molar-refractivity contribution in [2.75, 3.05) is 13.1 Å². The standard InChI is InChI=1S/C11H19N3/c1-10(9-12)13-8-4-6-11-5-2-3-7-14-11/h2-3,5,7,10,13H,4,6,8-9,12H2,1H3/t10-/m0/s1. The molecule has 3 N–H and O–H groups in total. The van der Waals surface area contributed by atoms with Crippen LogP contribution >= 0.6 is 0 Å². The molecule has 0 bridgehead atoms. The molecular formula is C11H19N3. The highest BCUT2D eigenvalue weighted by Gasteiger charge is 1.97. The number of nitrogens with one attached hydrogen (secondary N) is 1. The molecule has 0 aliphatic heterocycles. The lowest BCUT2D eigenvalue weighted by atomic mass is 10.2. The number of nitrogens with two attached hydrogens (primary N) is 1. The topological polar surface area (TPSA) is 50.9 Å². The van der Waals surface area contributed by atoms with E-state index >= 15 is 0 Å². The summed E-state index contributed by atoms with van der Waals surface area (Å²) >= 11 is 0. The van der Waals surface area contributed by atoms with E-state index in [1.165, 1.54) is 0 Å². The Labute approximate surface area is 85.7 Å². The molecule has 1 aromatic rings. The van der Waals surface area contributed by atoms with Crippen molar-refractivity contribution in [3.8, 4) is 0 Å². The first kappa shape index (κ1) is 11.1. The predicted molar refractivity (Wildman–Crippen MR) is 59.1 cm³/mol. The van der Waals surface area contributed by atoms with Gasteiger partial charge in [0.25, 0.3) is 0 Å². The molecule has 14 heavy (non-hydrogen) atoms. The van der Waals surface area contributed by atoms with Gasteiger partial charge in [-0.1, -0.05) is 6.07 Å². The van der Waals surface area contributed by atoms with E-state index in [4.69, 9.17) is 5.73 Å². The molecule has 0 saturated heterocycles. The molecule has 78 valence electrons. The zero-order valence-electron chi connectivity index (χ0n) is 8.74. The lowest BCUT2D eigenvalue weighted by Gasteiger charge is -2.10. The van der Waals surface area contributed by atoms with E-state index in [1.54, 1.807) is 0 Å². The average molecular weight is 193 g/mol. The maximum Gasteiger partial charge on any atom is 0.0404 e. The molecule has 0 unspecified atom stereocenters. The van der Waals surface area contributed by atoms with E-state index in [9.17, 15) is 0 Å². The van der Waals surface area contributed by atoms with Crippen molar-refractivity contribution in [3.05, 3.63) is 30.1 Å². The summed E-state index contributed by atoms with van der Waals surface area (Å²) in [5.41, 5.74) is 6.65. The third-order valence-corrected chi connectivity index (χ3v) is 2.18. The van der Waals surface area contributed by atoms with Crippen LogP contribution in [0, 0.1) is 0 Å². The highest BCUT2D eigenvalue weighted by Crippen LogP contribution is 1.97. The van der Waals surface area contributed by atoms with E-state index in [-0.39, 0.29) is 0 Å². The van der Waals surface area contributed by atoms with Gasteiger partial charge in [-0.25, -0.2) is 0 Å². The Bertz CT molecular complexity index is 236. The Morgan fingerprint density at radius 1 is 1.50 bits per heavy atom. The van der Waals surface area contributed by atoms with E-state index < -0.39 is 0 Å². The molecule has 0 aliphatic rings. The number of hydrogen-bond acceptors (Lipinski definition) is 3. The Morgan fingerprint density at radius 3 is 3.00 bits per heavy atom. The van der Waals surface area contributed by atoms with Gasteiger partial charge in [-0.05, 0) is 38.4 Å². The molecule has 1 heterocycles. The van der Waals surface area contributed by atoms with Crippen LogP contribution in [0.25, 0.3) is 0 Å². The van der Waals surface area contributed by atoms with Crippen LogP contribution in [0.1, 0.15) is 19.0 Å². The number of nitrogens with zero attached hydrogens (tertiary/aromatic N) is 1. The Balaban J connectivity index is 2.10. The van der Waals surface area contributed by atoms with Crippen LogP contribution in [-0.4, -0.2) is 24.1 Å². The van der Waals surface area contributed by atoms with Gasteiger partial charge in [0.15, 0.2) is 0 Å². The van der Waals surface area contributed by atoms with Gasteiger partial charge in [0.2, 0.25) is 0 Å². The van der Waals surface area contributed by atoms with Gasteiger partial charge in [0.1, 0.15) is 0 Å². The Kier molecular flexibility index (Phi) is 5.19. The van der Waals surface area contributed by atoms with Crippen LogP contribution in [0.2, 0.25) is 0 Å². The number of rotatable bonds is 6. The smallest absolute Gasteiger partial charge is 0.0404 e. The fourth-order valence-electron chi connectivity index (χ4n) is 1.25. The van der Waals surface area contributed by atoms with Crippen molar-refractivity contribution in [2.24, 2.45) is 5.73 Å². The molecule has 0 radical (unpaired) electrons. The van der Waals surface area contributed by atoms with Crippen molar-refractivity contribution in [2.45, 2.75) is 25.8 Å². The fraction of sp³-hybridized carbons (Fsp3) is 0.545. The second-order valence-electron chi connectivity index (χ2n) is 3.52. The van der Waals surface area contributed by atoms with Crippen LogP contribution in [-0.2, 0) is 6.42 Å². The third-order valence-electron chi connectivity index (χ3n) is 2.18. The zero-order chi connectivity index (χ0) is 10.2. The maximum absolute atomic E-state index is 5.49. The van der Waals surface area contributed by atoms with Crippen molar-refractivity contribution in [3.63, 3.8) is 0 Å². The molecule has 0 fully saturated rings. The number of pyridine rings is 1. The lowest BCUT2D eigenvalue weighted by molar-refractivity contribution is 0.542. The summed E-state index contributed by atoms with van der Waals surface area (Å²) in [4.78, 5) is 4.26. The van der Waals surface area contributed by atoms with Gasteiger partial charge in [0.05, 0.1) is 0 Å². The maximum atomic E-state index is 5.49. The molecule has 3 heteroatoms. The second kappa shape index (κ2) is 6.51. The molecule has 0 spiro atoms. The van der Waals surface area contributed by atoms with Crippen molar-refractivity contribution in [1.82, 2.24) is 10.3 Å². The minimum absolute atomic E-state index is 0.415. The van der Waals surface area contributed by atoms with E-state index in [0.29, 0.717) is 12.6 Å². The van der Waals surface area contributed by atoms with Gasteiger partial charge < -0.3 is 11.1 Å². The van der Waals surface area contributed by atoms with Crippen LogP contribution < -0.4 is 11.1 Å². The fourth-order valence-corrected chi connectivity index (χ4v) is 1.25. The average Bonchev–Trinajstić information content (AvgIpc) is 2.25. The minimum Gasteiger partial charge on any atom is -0.329 e. The Morgan fingerprint density at radius 2 is 2.36 bits per heavy atom. The summed E-state index contributed by atoms with van der Waals surface area (Å²) in [6.45, 7) is 3.80. The quantitative estimate of drug-likeness (QED) is 0.661. The van der Waals surface area contributed by atoms with E-state index in [1.807, 2.05) is 18.3 Å². The molecule has 1 aromatic heterocycles. The monoisotopic (exact) mass is 193 g/mol. The molecule has 3 nitrogen and oxygen atoms in total. The van der Waals surface area contributed by atoms with Gasteiger partial charge in [0, 0.05) is 24.5 Å². The van der Waals surface area contributed by atoms with Gasteiger partial charge >= 0.3 is 0 Å². The first-order chi connectivity index (χ1) is 6.83. The highest BCUT2D eigenvalue weighted by atomic mass is 14.9. The molecular weight excluding hydrogens is 174 g/mol. The van der Waals surface area contributed by atoms with E-state index in [2.05, 4.69) is 23.3 Å².